The zero-order chi connectivity index (χ0) is 24.6. The Hall–Kier alpha value is -0.860. The number of carbonyl (C=O) groups is 2. The van der Waals surface area contributed by atoms with E-state index < -0.39 is 11.9 Å². The maximum absolute atomic E-state index is 12.4. The van der Waals surface area contributed by atoms with Crippen molar-refractivity contribution in [3.05, 3.63) is 0 Å². The minimum absolute atomic E-state index is 0.0427. The quantitative estimate of drug-likeness (QED) is 0.102. The molecular formula is C30H58O3. The van der Waals surface area contributed by atoms with Gasteiger partial charge < -0.3 is 5.11 Å². The van der Waals surface area contributed by atoms with Gasteiger partial charge in [-0.05, 0) is 18.8 Å². The highest BCUT2D eigenvalue weighted by atomic mass is 16.4. The van der Waals surface area contributed by atoms with Gasteiger partial charge in [-0.15, -0.1) is 0 Å². The van der Waals surface area contributed by atoms with E-state index in [4.69, 9.17) is 0 Å². The van der Waals surface area contributed by atoms with Crippen molar-refractivity contribution in [2.24, 2.45) is 11.8 Å². The highest BCUT2D eigenvalue weighted by molar-refractivity contribution is 5.98. The first-order valence-electron chi connectivity index (χ1n) is 14.7. The number of aliphatic carboxylic acids is 1. The number of carboxylic acids is 1. The highest BCUT2D eigenvalue weighted by Gasteiger charge is 2.24. The smallest absolute Gasteiger partial charge is 0.314 e. The van der Waals surface area contributed by atoms with Gasteiger partial charge >= 0.3 is 5.97 Å². The predicted molar refractivity (Wildman–Crippen MR) is 143 cm³/mol. The van der Waals surface area contributed by atoms with Crippen molar-refractivity contribution in [3.63, 3.8) is 0 Å². The van der Waals surface area contributed by atoms with Crippen LogP contribution >= 0.6 is 0 Å². The summed E-state index contributed by atoms with van der Waals surface area (Å²) in [7, 11) is 0. The van der Waals surface area contributed by atoms with E-state index in [9.17, 15) is 14.7 Å². The third kappa shape index (κ3) is 22.7. The van der Waals surface area contributed by atoms with E-state index in [-0.39, 0.29) is 5.78 Å². The van der Waals surface area contributed by atoms with E-state index in [2.05, 4.69) is 20.8 Å². The van der Waals surface area contributed by atoms with Crippen molar-refractivity contribution in [1.29, 1.82) is 0 Å². The van der Waals surface area contributed by atoms with Crippen LogP contribution in [0.2, 0.25) is 0 Å². The predicted octanol–water partition coefficient (Wildman–Crippen LogP) is 9.90. The van der Waals surface area contributed by atoms with Crippen molar-refractivity contribution in [1.82, 2.24) is 0 Å². The van der Waals surface area contributed by atoms with Crippen LogP contribution in [0.15, 0.2) is 0 Å². The zero-order valence-electron chi connectivity index (χ0n) is 22.7. The molecule has 3 nitrogen and oxygen atoms in total. The average molecular weight is 467 g/mol. The molecule has 0 saturated carbocycles. The van der Waals surface area contributed by atoms with Crippen LogP contribution in [0, 0.1) is 11.8 Å². The van der Waals surface area contributed by atoms with Crippen LogP contribution < -0.4 is 0 Å². The lowest BCUT2D eigenvalue weighted by molar-refractivity contribution is -0.146. The number of rotatable bonds is 26. The number of hydrogen-bond donors (Lipinski definition) is 1. The van der Waals surface area contributed by atoms with Crippen LogP contribution in [0.5, 0.6) is 0 Å². The number of carboxylic acid groups (broad SMARTS) is 1. The fourth-order valence-electron chi connectivity index (χ4n) is 4.70. The molecule has 33 heavy (non-hydrogen) atoms. The van der Waals surface area contributed by atoms with Gasteiger partial charge in [0.2, 0.25) is 0 Å². The molecule has 0 aromatic rings. The van der Waals surface area contributed by atoms with E-state index in [1.54, 1.807) is 0 Å². The first kappa shape index (κ1) is 32.1. The van der Waals surface area contributed by atoms with Crippen LogP contribution in [0.4, 0.5) is 0 Å². The second-order valence-electron chi connectivity index (χ2n) is 10.8. The number of carbonyl (C=O) groups excluding carboxylic acids is 1. The molecule has 0 saturated heterocycles. The molecule has 1 atom stereocenters. The largest absolute Gasteiger partial charge is 0.481 e. The Kier molecular flexibility index (Phi) is 23.6. The van der Waals surface area contributed by atoms with Gasteiger partial charge in [-0.2, -0.15) is 0 Å². The number of unbranched alkanes of at least 4 members (excludes halogenated alkanes) is 18. The third-order valence-corrected chi connectivity index (χ3v) is 6.99. The fourth-order valence-corrected chi connectivity index (χ4v) is 4.70. The summed E-state index contributed by atoms with van der Waals surface area (Å²) < 4.78 is 0. The Morgan fingerprint density at radius 1 is 0.545 bits per heavy atom. The SMILES string of the molecule is CCCCCCCCCCC(C(=O)O)C(=O)CCCCCCCCCCCCCCC(C)C. The summed E-state index contributed by atoms with van der Waals surface area (Å²) in [5.41, 5.74) is 0. The Morgan fingerprint density at radius 2 is 0.909 bits per heavy atom. The lowest BCUT2D eigenvalue weighted by Crippen LogP contribution is -2.23. The summed E-state index contributed by atoms with van der Waals surface area (Å²) in [6, 6.07) is 0. The van der Waals surface area contributed by atoms with Crippen molar-refractivity contribution in [3.8, 4) is 0 Å². The summed E-state index contributed by atoms with van der Waals surface area (Å²) in [5.74, 6) is -0.876. The molecule has 0 radical (unpaired) electrons. The fraction of sp³-hybridized carbons (Fsp3) is 0.933. The van der Waals surface area contributed by atoms with Crippen molar-refractivity contribution < 1.29 is 14.7 Å². The summed E-state index contributed by atoms with van der Waals surface area (Å²) in [5, 5.41) is 9.45. The molecule has 0 aromatic heterocycles. The molecule has 0 aliphatic carbocycles. The first-order chi connectivity index (χ1) is 16.0. The molecule has 0 heterocycles. The second-order valence-corrected chi connectivity index (χ2v) is 10.8. The topological polar surface area (TPSA) is 54.4 Å². The number of ketones is 1. The van der Waals surface area contributed by atoms with Crippen molar-refractivity contribution >= 4 is 11.8 Å². The zero-order valence-corrected chi connectivity index (χ0v) is 22.7. The van der Waals surface area contributed by atoms with Gasteiger partial charge in [0, 0.05) is 6.42 Å². The summed E-state index contributed by atoms with van der Waals surface area (Å²) >= 11 is 0. The van der Waals surface area contributed by atoms with Gasteiger partial charge in [0.25, 0.3) is 0 Å². The highest BCUT2D eigenvalue weighted by Crippen LogP contribution is 2.18. The van der Waals surface area contributed by atoms with E-state index in [1.807, 2.05) is 0 Å². The molecule has 1 N–H and O–H groups in total. The molecule has 3 heteroatoms. The minimum Gasteiger partial charge on any atom is -0.481 e. The number of hydrogen-bond acceptors (Lipinski definition) is 2. The van der Waals surface area contributed by atoms with Crippen molar-refractivity contribution in [2.45, 2.75) is 168 Å². The van der Waals surface area contributed by atoms with Crippen molar-refractivity contribution in [2.75, 3.05) is 0 Å². The van der Waals surface area contributed by atoms with Crippen LogP contribution in [-0.4, -0.2) is 16.9 Å². The lowest BCUT2D eigenvalue weighted by atomic mass is 9.93. The molecule has 0 fully saturated rings. The Morgan fingerprint density at radius 3 is 1.30 bits per heavy atom. The minimum atomic E-state index is -0.914. The second kappa shape index (κ2) is 24.3. The van der Waals surface area contributed by atoms with E-state index in [1.165, 1.54) is 109 Å². The van der Waals surface area contributed by atoms with Crippen LogP contribution in [0.3, 0.4) is 0 Å². The van der Waals surface area contributed by atoms with E-state index in [0.29, 0.717) is 12.8 Å². The van der Waals surface area contributed by atoms with Crippen LogP contribution in [-0.2, 0) is 9.59 Å². The summed E-state index contributed by atoms with van der Waals surface area (Å²) in [4.78, 5) is 23.9. The lowest BCUT2D eigenvalue weighted by Gasteiger charge is -2.11. The summed E-state index contributed by atoms with van der Waals surface area (Å²) in [6.07, 6.45) is 27.2. The van der Waals surface area contributed by atoms with Gasteiger partial charge in [0.1, 0.15) is 11.7 Å². The standard InChI is InChI=1S/C30H58O3/c1-4-5-6-7-8-16-19-22-25-28(30(32)33)29(31)26-23-20-17-14-12-10-9-11-13-15-18-21-24-27(2)3/h27-28H,4-26H2,1-3H3,(H,32,33). The molecule has 0 amide bonds. The Labute approximate surface area is 206 Å². The molecule has 1 unspecified atom stereocenters. The molecule has 196 valence electrons. The van der Waals surface area contributed by atoms with Gasteiger partial charge in [0.05, 0.1) is 0 Å². The van der Waals surface area contributed by atoms with E-state index >= 15 is 0 Å². The van der Waals surface area contributed by atoms with Gasteiger partial charge in [-0.3, -0.25) is 9.59 Å². The molecular weight excluding hydrogens is 408 g/mol. The maximum Gasteiger partial charge on any atom is 0.314 e. The van der Waals surface area contributed by atoms with Crippen LogP contribution in [0.1, 0.15) is 168 Å². The normalized spacial score (nSPS) is 12.4. The van der Waals surface area contributed by atoms with E-state index in [0.717, 1.165) is 31.6 Å². The van der Waals surface area contributed by atoms with Gasteiger partial charge in [0.15, 0.2) is 0 Å². The molecule has 0 rings (SSSR count). The van der Waals surface area contributed by atoms with Gasteiger partial charge in [-0.1, -0.05) is 149 Å². The first-order valence-corrected chi connectivity index (χ1v) is 14.7. The molecule has 0 bridgehead atoms. The molecule has 0 aliphatic rings. The summed E-state index contributed by atoms with van der Waals surface area (Å²) in [6.45, 7) is 6.84. The Balaban J connectivity index is 3.56. The average Bonchev–Trinajstić information content (AvgIpc) is 2.77. The monoisotopic (exact) mass is 466 g/mol. The third-order valence-electron chi connectivity index (χ3n) is 6.99. The van der Waals surface area contributed by atoms with Crippen LogP contribution in [0.25, 0.3) is 0 Å². The molecule has 0 spiro atoms. The maximum atomic E-state index is 12.4. The molecule has 0 aromatic carbocycles. The number of Topliss-reactive ketones (excluding diaryl/α,β-unsaturated/α-hetero) is 1. The van der Waals surface area contributed by atoms with Gasteiger partial charge in [-0.25, -0.2) is 0 Å². The Bertz CT molecular complexity index is 444. The molecule has 0 aliphatic heterocycles.